The first-order valence-corrected chi connectivity index (χ1v) is 8.15. The number of aromatic amines is 1. The van der Waals surface area contributed by atoms with Crippen molar-refractivity contribution in [3.63, 3.8) is 0 Å². The van der Waals surface area contributed by atoms with Gasteiger partial charge in [0.1, 0.15) is 5.82 Å². The number of para-hydroxylation sites is 2. The summed E-state index contributed by atoms with van der Waals surface area (Å²) < 4.78 is 0. The molecular formula is C17H16Cl2N4O. The van der Waals surface area contributed by atoms with E-state index in [0.29, 0.717) is 27.9 Å². The SMILES string of the molecule is NC(=O)C(N)C(Cc1nc2ccccc2[nH]1)c1ccc(Cl)cc1Cl. The van der Waals surface area contributed by atoms with Crippen LogP contribution < -0.4 is 11.5 Å². The summed E-state index contributed by atoms with van der Waals surface area (Å²) in [4.78, 5) is 19.4. The van der Waals surface area contributed by atoms with E-state index in [4.69, 9.17) is 34.7 Å². The number of imidazole rings is 1. The summed E-state index contributed by atoms with van der Waals surface area (Å²) in [5.41, 5.74) is 13.9. The molecule has 0 aliphatic carbocycles. The zero-order valence-corrected chi connectivity index (χ0v) is 14.2. The molecule has 5 nitrogen and oxygen atoms in total. The van der Waals surface area contributed by atoms with Crippen LogP contribution >= 0.6 is 23.2 Å². The van der Waals surface area contributed by atoms with Crippen molar-refractivity contribution in [1.82, 2.24) is 9.97 Å². The number of halogens is 2. The van der Waals surface area contributed by atoms with Gasteiger partial charge in [-0.3, -0.25) is 4.79 Å². The second-order valence-corrected chi connectivity index (χ2v) is 6.45. The van der Waals surface area contributed by atoms with E-state index in [2.05, 4.69) is 9.97 Å². The molecule has 0 saturated heterocycles. The Bertz CT molecular complexity index is 860. The maximum atomic E-state index is 11.7. The molecule has 0 radical (unpaired) electrons. The number of carbonyl (C=O) groups excluding carboxylic acids is 1. The average Bonchev–Trinajstić information content (AvgIpc) is 2.95. The molecule has 1 amide bonds. The van der Waals surface area contributed by atoms with Gasteiger partial charge >= 0.3 is 0 Å². The third-order valence-corrected chi connectivity index (χ3v) is 4.54. The summed E-state index contributed by atoms with van der Waals surface area (Å²) in [6.07, 6.45) is 0.403. The maximum absolute atomic E-state index is 11.7. The van der Waals surface area contributed by atoms with Crippen molar-refractivity contribution >= 4 is 40.1 Å². The zero-order chi connectivity index (χ0) is 17.3. The average molecular weight is 363 g/mol. The lowest BCUT2D eigenvalue weighted by Crippen LogP contribution is -2.42. The van der Waals surface area contributed by atoms with Crippen LogP contribution in [0.3, 0.4) is 0 Å². The molecule has 2 atom stereocenters. The predicted octanol–water partition coefficient (Wildman–Crippen LogP) is 3.01. The monoisotopic (exact) mass is 362 g/mol. The Balaban J connectivity index is 1.99. The highest BCUT2D eigenvalue weighted by Gasteiger charge is 2.27. The van der Waals surface area contributed by atoms with Crippen molar-refractivity contribution in [2.75, 3.05) is 0 Å². The first-order valence-electron chi connectivity index (χ1n) is 7.39. The molecule has 0 aliphatic rings. The van der Waals surface area contributed by atoms with E-state index in [1.54, 1.807) is 18.2 Å². The molecule has 0 aliphatic heterocycles. The van der Waals surface area contributed by atoms with Gasteiger partial charge in [0.05, 0.1) is 17.1 Å². The van der Waals surface area contributed by atoms with Gasteiger partial charge in [0, 0.05) is 22.4 Å². The van der Waals surface area contributed by atoms with Crippen LogP contribution in [0, 0.1) is 0 Å². The van der Waals surface area contributed by atoms with Gasteiger partial charge in [0.2, 0.25) is 5.91 Å². The quantitative estimate of drug-likeness (QED) is 0.650. The van der Waals surface area contributed by atoms with E-state index in [0.717, 1.165) is 11.0 Å². The lowest BCUT2D eigenvalue weighted by molar-refractivity contribution is -0.119. The van der Waals surface area contributed by atoms with Gasteiger partial charge in [0.25, 0.3) is 0 Å². The summed E-state index contributed by atoms with van der Waals surface area (Å²) in [5, 5.41) is 0.958. The number of nitrogens with one attached hydrogen (secondary N) is 1. The second-order valence-electron chi connectivity index (χ2n) is 5.61. The number of benzene rings is 2. The molecule has 1 aromatic heterocycles. The first kappa shape index (κ1) is 16.8. The topological polar surface area (TPSA) is 97.8 Å². The summed E-state index contributed by atoms with van der Waals surface area (Å²) >= 11 is 12.2. The van der Waals surface area contributed by atoms with Crippen LogP contribution in [0.5, 0.6) is 0 Å². The molecule has 1 heterocycles. The van der Waals surface area contributed by atoms with Gasteiger partial charge in [-0.05, 0) is 29.8 Å². The van der Waals surface area contributed by atoms with Crippen LogP contribution in [-0.2, 0) is 11.2 Å². The van der Waals surface area contributed by atoms with Gasteiger partial charge in [-0.1, -0.05) is 41.4 Å². The van der Waals surface area contributed by atoms with Crippen LogP contribution in [0.1, 0.15) is 17.3 Å². The van der Waals surface area contributed by atoms with Gasteiger partial charge in [-0.25, -0.2) is 4.98 Å². The van der Waals surface area contributed by atoms with E-state index < -0.39 is 17.9 Å². The summed E-state index contributed by atoms with van der Waals surface area (Å²) in [7, 11) is 0. The van der Waals surface area contributed by atoms with Crippen molar-refractivity contribution < 1.29 is 4.79 Å². The van der Waals surface area contributed by atoms with Crippen molar-refractivity contribution in [1.29, 1.82) is 0 Å². The number of aromatic nitrogens is 2. The normalized spacial score (nSPS) is 13.8. The molecule has 2 aromatic carbocycles. The Labute approximate surface area is 149 Å². The largest absolute Gasteiger partial charge is 0.368 e. The van der Waals surface area contributed by atoms with Gasteiger partial charge in [-0.2, -0.15) is 0 Å². The minimum atomic E-state index is -0.892. The molecule has 3 aromatic rings. The fourth-order valence-electron chi connectivity index (χ4n) is 2.74. The Kier molecular flexibility index (Phi) is 4.76. The Morgan fingerprint density at radius 3 is 2.62 bits per heavy atom. The van der Waals surface area contributed by atoms with E-state index in [9.17, 15) is 4.79 Å². The smallest absolute Gasteiger partial charge is 0.234 e. The first-order chi connectivity index (χ1) is 11.5. The van der Waals surface area contributed by atoms with E-state index in [1.807, 2.05) is 24.3 Å². The Morgan fingerprint density at radius 2 is 1.96 bits per heavy atom. The maximum Gasteiger partial charge on any atom is 0.234 e. The molecule has 0 bridgehead atoms. The van der Waals surface area contributed by atoms with Crippen LogP contribution in [-0.4, -0.2) is 21.9 Å². The highest BCUT2D eigenvalue weighted by Crippen LogP contribution is 2.31. The van der Waals surface area contributed by atoms with E-state index >= 15 is 0 Å². The molecular weight excluding hydrogens is 347 g/mol. The standard InChI is InChI=1S/C17H16Cl2N4O/c18-9-5-6-10(12(19)7-9)11(16(20)17(21)24)8-15-22-13-3-1-2-4-14(13)23-15/h1-7,11,16H,8,20H2,(H2,21,24)(H,22,23). The van der Waals surface area contributed by atoms with Crippen LogP contribution in [0.25, 0.3) is 11.0 Å². The number of carbonyl (C=O) groups is 1. The Morgan fingerprint density at radius 1 is 1.21 bits per heavy atom. The molecule has 2 unspecified atom stereocenters. The number of nitrogens with zero attached hydrogens (tertiary/aromatic N) is 1. The molecule has 0 spiro atoms. The van der Waals surface area contributed by atoms with Gasteiger partial charge in [-0.15, -0.1) is 0 Å². The number of hydrogen-bond acceptors (Lipinski definition) is 3. The van der Waals surface area contributed by atoms with E-state index in [1.165, 1.54) is 0 Å². The highest BCUT2D eigenvalue weighted by atomic mass is 35.5. The van der Waals surface area contributed by atoms with Crippen molar-refractivity contribution in [3.8, 4) is 0 Å². The fourth-order valence-corrected chi connectivity index (χ4v) is 3.29. The van der Waals surface area contributed by atoms with Crippen LogP contribution in [0.15, 0.2) is 42.5 Å². The fraction of sp³-hybridized carbons (Fsp3) is 0.176. The molecule has 3 rings (SSSR count). The Hall–Kier alpha value is -2.08. The number of H-pyrrole nitrogens is 1. The highest BCUT2D eigenvalue weighted by molar-refractivity contribution is 6.35. The second kappa shape index (κ2) is 6.81. The van der Waals surface area contributed by atoms with Gasteiger partial charge in [0.15, 0.2) is 0 Å². The zero-order valence-electron chi connectivity index (χ0n) is 12.7. The number of amides is 1. The number of nitrogens with two attached hydrogens (primary N) is 2. The summed E-state index contributed by atoms with van der Waals surface area (Å²) in [6.45, 7) is 0. The number of primary amides is 1. The molecule has 124 valence electrons. The van der Waals surface area contributed by atoms with Gasteiger partial charge < -0.3 is 16.5 Å². The number of rotatable bonds is 5. The molecule has 5 N–H and O–H groups in total. The van der Waals surface area contributed by atoms with Crippen molar-refractivity contribution in [2.24, 2.45) is 11.5 Å². The van der Waals surface area contributed by atoms with Crippen molar-refractivity contribution in [3.05, 3.63) is 63.9 Å². The summed E-state index contributed by atoms with van der Waals surface area (Å²) in [5.74, 6) is -0.293. The minimum Gasteiger partial charge on any atom is -0.368 e. The third-order valence-electron chi connectivity index (χ3n) is 3.98. The lowest BCUT2D eigenvalue weighted by atomic mass is 9.88. The van der Waals surface area contributed by atoms with Crippen molar-refractivity contribution in [2.45, 2.75) is 18.4 Å². The number of hydrogen-bond donors (Lipinski definition) is 3. The number of fused-ring (bicyclic) bond motifs is 1. The summed E-state index contributed by atoms with van der Waals surface area (Å²) in [6, 6.07) is 11.9. The molecule has 7 heteroatoms. The minimum absolute atomic E-state index is 0.403. The lowest BCUT2D eigenvalue weighted by Gasteiger charge is -2.22. The third kappa shape index (κ3) is 3.38. The molecule has 24 heavy (non-hydrogen) atoms. The van der Waals surface area contributed by atoms with Crippen LogP contribution in [0.2, 0.25) is 10.0 Å². The van der Waals surface area contributed by atoms with Crippen LogP contribution in [0.4, 0.5) is 0 Å². The van der Waals surface area contributed by atoms with E-state index in [-0.39, 0.29) is 0 Å². The predicted molar refractivity (Wildman–Crippen MR) is 96.2 cm³/mol. The molecule has 0 fully saturated rings. The molecule has 0 saturated carbocycles.